The van der Waals surface area contributed by atoms with Gasteiger partial charge in [0.25, 0.3) is 5.91 Å². The van der Waals surface area contributed by atoms with Crippen LogP contribution in [0.4, 0.5) is 0 Å². The van der Waals surface area contributed by atoms with Crippen molar-refractivity contribution in [2.75, 3.05) is 13.6 Å². The average Bonchev–Trinajstić information content (AvgIpc) is 2.62. The molecule has 0 bridgehead atoms. The molecule has 1 fully saturated rings. The Kier molecular flexibility index (Phi) is 3.23. The Morgan fingerprint density at radius 1 is 1.53 bits per heavy atom. The van der Waals surface area contributed by atoms with Gasteiger partial charge in [0.15, 0.2) is 0 Å². The zero-order valence-electron chi connectivity index (χ0n) is 9.18. The monoisotopic (exact) mass is 254 g/mol. The first-order valence-electron chi connectivity index (χ1n) is 5.11. The van der Waals surface area contributed by atoms with Crippen LogP contribution >= 0.6 is 11.6 Å². The number of hydrogen-bond acceptors (Lipinski definition) is 4. The first-order valence-corrected chi connectivity index (χ1v) is 5.49. The number of amides is 2. The number of hydrogen-bond donors (Lipinski definition) is 1. The fraction of sp³-hybridized carbons (Fsp3) is 0.400. The molecule has 2 rings (SSSR count). The molecule has 1 aliphatic heterocycles. The van der Waals surface area contributed by atoms with Gasteiger partial charge in [-0.1, -0.05) is 11.6 Å². The normalized spacial score (nSPS) is 19.5. The minimum atomic E-state index is -0.468. The van der Waals surface area contributed by atoms with Crippen molar-refractivity contribution in [2.24, 2.45) is 0 Å². The van der Waals surface area contributed by atoms with E-state index >= 15 is 0 Å². The van der Waals surface area contributed by atoms with Crippen molar-refractivity contribution in [3.05, 3.63) is 23.2 Å². The maximum atomic E-state index is 11.7. The van der Waals surface area contributed by atoms with Crippen molar-refractivity contribution in [1.82, 2.24) is 20.2 Å². The summed E-state index contributed by atoms with van der Waals surface area (Å²) in [5.74, 6) is -0.497. The third-order valence-corrected chi connectivity index (χ3v) is 2.78. The molecule has 1 N–H and O–H groups in total. The number of likely N-dealkylation sites (tertiary alicyclic amines) is 1. The summed E-state index contributed by atoms with van der Waals surface area (Å²) in [6, 6.07) is -0.468. The molecule has 7 heteroatoms. The van der Waals surface area contributed by atoms with Gasteiger partial charge in [-0.3, -0.25) is 9.59 Å². The van der Waals surface area contributed by atoms with Crippen LogP contribution in [0, 0.1) is 0 Å². The highest BCUT2D eigenvalue weighted by molar-refractivity contribution is 6.29. The third kappa shape index (κ3) is 2.52. The van der Waals surface area contributed by atoms with E-state index in [4.69, 9.17) is 11.6 Å². The Labute approximate surface area is 103 Å². The van der Waals surface area contributed by atoms with Crippen LogP contribution in [-0.2, 0) is 4.79 Å². The number of halogens is 1. The Morgan fingerprint density at radius 3 is 2.82 bits per heavy atom. The summed E-state index contributed by atoms with van der Waals surface area (Å²) in [6.45, 7) is 0.649. The molecule has 6 nitrogen and oxygen atoms in total. The van der Waals surface area contributed by atoms with Crippen LogP contribution in [0.15, 0.2) is 12.4 Å². The molecule has 0 saturated carbocycles. The predicted molar refractivity (Wildman–Crippen MR) is 60.6 cm³/mol. The van der Waals surface area contributed by atoms with Gasteiger partial charge in [0, 0.05) is 13.6 Å². The van der Waals surface area contributed by atoms with Crippen LogP contribution in [-0.4, -0.2) is 46.3 Å². The minimum Gasteiger partial charge on any atom is -0.344 e. The van der Waals surface area contributed by atoms with E-state index in [2.05, 4.69) is 15.3 Å². The summed E-state index contributed by atoms with van der Waals surface area (Å²) in [6.07, 6.45) is 3.18. The Hall–Kier alpha value is -1.69. The highest BCUT2D eigenvalue weighted by Gasteiger charge is 2.30. The van der Waals surface area contributed by atoms with Gasteiger partial charge in [-0.05, 0) is 6.42 Å². The second kappa shape index (κ2) is 4.67. The highest BCUT2D eigenvalue weighted by Crippen LogP contribution is 2.09. The number of aromatic nitrogens is 2. The van der Waals surface area contributed by atoms with Gasteiger partial charge in [0.2, 0.25) is 5.91 Å². The molecule has 0 spiro atoms. The second-order valence-corrected chi connectivity index (χ2v) is 4.19. The highest BCUT2D eigenvalue weighted by atomic mass is 35.5. The molecule has 0 aromatic carbocycles. The van der Waals surface area contributed by atoms with Gasteiger partial charge in [0.1, 0.15) is 16.9 Å². The maximum absolute atomic E-state index is 11.7. The molecule has 0 radical (unpaired) electrons. The van der Waals surface area contributed by atoms with Gasteiger partial charge in [0.05, 0.1) is 12.4 Å². The number of nitrogens with zero attached hydrogens (tertiary/aromatic N) is 3. The lowest BCUT2D eigenvalue weighted by Crippen LogP contribution is -2.40. The number of carbonyl (C=O) groups is 2. The van der Waals surface area contributed by atoms with E-state index in [0.29, 0.717) is 13.0 Å². The molecule has 1 aromatic rings. The van der Waals surface area contributed by atoms with Gasteiger partial charge in [-0.15, -0.1) is 0 Å². The van der Waals surface area contributed by atoms with Crippen molar-refractivity contribution in [2.45, 2.75) is 12.5 Å². The van der Waals surface area contributed by atoms with E-state index in [1.165, 1.54) is 12.4 Å². The molecule has 2 amide bonds. The molecule has 1 aromatic heterocycles. The van der Waals surface area contributed by atoms with E-state index in [1.54, 1.807) is 11.9 Å². The van der Waals surface area contributed by atoms with Gasteiger partial charge < -0.3 is 10.2 Å². The largest absolute Gasteiger partial charge is 0.344 e. The first-order chi connectivity index (χ1) is 8.08. The van der Waals surface area contributed by atoms with E-state index in [9.17, 15) is 9.59 Å². The van der Waals surface area contributed by atoms with E-state index < -0.39 is 11.9 Å². The Balaban J connectivity index is 2.02. The van der Waals surface area contributed by atoms with Crippen LogP contribution in [0.1, 0.15) is 16.9 Å². The molecule has 1 atom stereocenters. The van der Waals surface area contributed by atoms with Crippen molar-refractivity contribution in [3.8, 4) is 0 Å². The van der Waals surface area contributed by atoms with Crippen LogP contribution in [0.5, 0.6) is 0 Å². The summed E-state index contributed by atoms with van der Waals surface area (Å²) < 4.78 is 0. The Bertz CT molecular complexity index is 448. The first kappa shape index (κ1) is 11.8. The fourth-order valence-corrected chi connectivity index (χ4v) is 1.72. The zero-order valence-corrected chi connectivity index (χ0v) is 9.94. The predicted octanol–water partition coefficient (Wildman–Crippen LogP) is 0.0905. The fourth-order valence-electron chi connectivity index (χ4n) is 1.62. The topological polar surface area (TPSA) is 75.2 Å². The minimum absolute atomic E-state index is 0.0831. The summed E-state index contributed by atoms with van der Waals surface area (Å²) in [4.78, 5) is 32.5. The van der Waals surface area contributed by atoms with Crippen LogP contribution in [0.25, 0.3) is 0 Å². The summed E-state index contributed by atoms with van der Waals surface area (Å²) in [5.41, 5.74) is 0.150. The van der Waals surface area contributed by atoms with Crippen molar-refractivity contribution >= 4 is 23.4 Å². The molecule has 0 aliphatic carbocycles. The van der Waals surface area contributed by atoms with Gasteiger partial charge in [-0.2, -0.15) is 0 Å². The van der Waals surface area contributed by atoms with Crippen molar-refractivity contribution < 1.29 is 9.59 Å². The molecular weight excluding hydrogens is 244 g/mol. The molecule has 1 saturated heterocycles. The maximum Gasteiger partial charge on any atom is 0.272 e. The second-order valence-electron chi connectivity index (χ2n) is 3.80. The number of nitrogens with one attached hydrogen (secondary N) is 1. The summed E-state index contributed by atoms with van der Waals surface area (Å²) >= 11 is 5.56. The number of carbonyl (C=O) groups excluding carboxylic acids is 2. The molecular formula is C10H11ClN4O2. The lowest BCUT2D eigenvalue weighted by molar-refractivity contribution is -0.128. The van der Waals surface area contributed by atoms with Crippen LogP contribution in [0.3, 0.4) is 0 Å². The van der Waals surface area contributed by atoms with Gasteiger partial charge in [-0.25, -0.2) is 9.97 Å². The molecule has 1 unspecified atom stereocenters. The van der Waals surface area contributed by atoms with Crippen molar-refractivity contribution in [1.29, 1.82) is 0 Å². The van der Waals surface area contributed by atoms with E-state index in [-0.39, 0.29) is 16.8 Å². The smallest absolute Gasteiger partial charge is 0.272 e. The molecule has 90 valence electrons. The van der Waals surface area contributed by atoms with E-state index in [0.717, 1.165) is 0 Å². The quantitative estimate of drug-likeness (QED) is 0.812. The van der Waals surface area contributed by atoms with Crippen LogP contribution in [0.2, 0.25) is 5.15 Å². The van der Waals surface area contributed by atoms with Crippen molar-refractivity contribution in [3.63, 3.8) is 0 Å². The average molecular weight is 255 g/mol. The molecule has 2 heterocycles. The Morgan fingerprint density at radius 2 is 2.29 bits per heavy atom. The summed E-state index contributed by atoms with van der Waals surface area (Å²) in [5, 5.41) is 2.84. The number of likely N-dealkylation sites (N-methyl/N-ethyl adjacent to an activating group) is 1. The van der Waals surface area contributed by atoms with Gasteiger partial charge >= 0.3 is 0 Å². The zero-order chi connectivity index (χ0) is 12.4. The van der Waals surface area contributed by atoms with E-state index in [1.807, 2.05) is 0 Å². The number of rotatable bonds is 2. The standard InChI is InChI=1S/C10H11ClN4O2/c1-15-3-2-6(10(15)17)14-9(16)7-4-13-8(11)5-12-7/h4-6H,2-3H2,1H3,(H,14,16). The lowest BCUT2D eigenvalue weighted by atomic mass is 10.2. The third-order valence-electron chi connectivity index (χ3n) is 2.59. The molecule has 1 aliphatic rings. The SMILES string of the molecule is CN1CCC(NC(=O)c2cnc(Cl)cn2)C1=O. The summed E-state index contributed by atoms with van der Waals surface area (Å²) in [7, 11) is 1.70. The molecule has 17 heavy (non-hydrogen) atoms. The van der Waals surface area contributed by atoms with Crippen LogP contribution < -0.4 is 5.32 Å². The lowest BCUT2D eigenvalue weighted by Gasteiger charge is -2.11.